The molecule has 0 saturated carbocycles. The molecule has 2 N–H and O–H groups in total. The number of thiocarbonyl (C=S) groups is 1. The van der Waals surface area contributed by atoms with Crippen molar-refractivity contribution < 1.29 is 17.0 Å². The topological polar surface area (TPSA) is 67.4 Å². The Bertz CT molecular complexity index is 937. The maximum Gasteiger partial charge on any atom is 0.306 e. The number of benzene rings is 2. The summed E-state index contributed by atoms with van der Waals surface area (Å²) in [5.41, 5.74) is 2.80. The van der Waals surface area contributed by atoms with Crippen LogP contribution in [0.3, 0.4) is 0 Å². The molecule has 2 aromatic rings. The lowest BCUT2D eigenvalue weighted by atomic mass is 9.87. The van der Waals surface area contributed by atoms with E-state index in [1.165, 1.54) is 17.7 Å². The van der Waals surface area contributed by atoms with Gasteiger partial charge in [-0.15, -0.1) is 0 Å². The van der Waals surface area contributed by atoms with Crippen LogP contribution in [-0.4, -0.2) is 19.8 Å². The van der Waals surface area contributed by atoms with Gasteiger partial charge in [-0.1, -0.05) is 51.1 Å². The fraction of sp³-hybridized carbons (Fsp3) is 0.350. The summed E-state index contributed by atoms with van der Waals surface area (Å²) in [4.78, 5) is 0. The van der Waals surface area contributed by atoms with Crippen LogP contribution < -0.4 is 14.8 Å². The first kappa shape index (κ1) is 22.1. The second-order valence-corrected chi connectivity index (χ2v) is 9.51. The average molecular weight is 425 g/mol. The molecule has 0 unspecified atom stereocenters. The van der Waals surface area contributed by atoms with Crippen LogP contribution in [0.25, 0.3) is 0 Å². The summed E-state index contributed by atoms with van der Waals surface area (Å²) in [6.45, 7) is 7.22. The zero-order chi connectivity index (χ0) is 20.9. The summed E-state index contributed by atoms with van der Waals surface area (Å²) in [7, 11) is -3.69. The van der Waals surface area contributed by atoms with Crippen LogP contribution in [0.1, 0.15) is 37.5 Å². The zero-order valence-corrected chi connectivity index (χ0v) is 18.0. The van der Waals surface area contributed by atoms with Crippen molar-refractivity contribution in [1.29, 1.82) is 0 Å². The van der Waals surface area contributed by atoms with E-state index in [1.54, 1.807) is 0 Å². The summed E-state index contributed by atoms with van der Waals surface area (Å²) in [5.74, 6) is -0.641. The molecule has 0 aliphatic carbocycles. The molecule has 0 aliphatic rings. The molecule has 0 aromatic heterocycles. The zero-order valence-electron chi connectivity index (χ0n) is 16.4. The van der Waals surface area contributed by atoms with Crippen molar-refractivity contribution in [2.75, 3.05) is 6.26 Å². The van der Waals surface area contributed by atoms with Crippen LogP contribution in [0.5, 0.6) is 5.75 Å². The Kier molecular flexibility index (Phi) is 7.01. The lowest BCUT2D eigenvalue weighted by Crippen LogP contribution is -2.34. The molecule has 2 aromatic carbocycles. The number of halogens is 1. The van der Waals surface area contributed by atoms with Crippen molar-refractivity contribution in [2.45, 2.75) is 39.3 Å². The molecule has 0 saturated heterocycles. The second kappa shape index (κ2) is 8.87. The van der Waals surface area contributed by atoms with Gasteiger partial charge in [0.1, 0.15) is 11.6 Å². The molecular formula is C20H25FN2O3S2. The van der Waals surface area contributed by atoms with E-state index in [0.717, 1.165) is 17.9 Å². The van der Waals surface area contributed by atoms with E-state index >= 15 is 0 Å². The van der Waals surface area contributed by atoms with Gasteiger partial charge in [0.25, 0.3) is 0 Å². The van der Waals surface area contributed by atoms with Crippen molar-refractivity contribution in [3.05, 3.63) is 65.0 Å². The highest BCUT2D eigenvalue weighted by molar-refractivity contribution is 7.86. The molecule has 0 atom stereocenters. The van der Waals surface area contributed by atoms with Gasteiger partial charge in [0.15, 0.2) is 5.11 Å². The number of hydrogen-bond acceptors (Lipinski definition) is 4. The molecule has 0 amide bonds. The van der Waals surface area contributed by atoms with Gasteiger partial charge in [-0.3, -0.25) is 0 Å². The molecule has 2 rings (SSSR count). The van der Waals surface area contributed by atoms with Gasteiger partial charge in [-0.05, 0) is 34.8 Å². The van der Waals surface area contributed by atoms with Gasteiger partial charge in [0, 0.05) is 24.7 Å². The highest BCUT2D eigenvalue weighted by Crippen LogP contribution is 2.22. The molecule has 0 aliphatic heterocycles. The summed E-state index contributed by atoms with van der Waals surface area (Å²) >= 11 is 5.23. The van der Waals surface area contributed by atoms with E-state index in [4.69, 9.17) is 12.2 Å². The van der Waals surface area contributed by atoms with Gasteiger partial charge in [-0.2, -0.15) is 8.42 Å². The summed E-state index contributed by atoms with van der Waals surface area (Å²) < 4.78 is 40.9. The van der Waals surface area contributed by atoms with Crippen LogP contribution in [0.15, 0.2) is 42.5 Å². The minimum atomic E-state index is -3.69. The minimum Gasteiger partial charge on any atom is -0.382 e. The molecule has 0 spiro atoms. The van der Waals surface area contributed by atoms with E-state index in [2.05, 4.69) is 59.9 Å². The number of rotatable bonds is 6. The molecule has 5 nitrogen and oxygen atoms in total. The van der Waals surface area contributed by atoms with Crippen LogP contribution in [-0.2, 0) is 28.6 Å². The quantitative estimate of drug-likeness (QED) is 0.545. The Labute approximate surface area is 171 Å². The summed E-state index contributed by atoms with van der Waals surface area (Å²) in [6, 6.07) is 12.2. The van der Waals surface area contributed by atoms with Gasteiger partial charge in [0.05, 0.1) is 6.26 Å². The second-order valence-electron chi connectivity index (χ2n) is 7.52. The minimum absolute atomic E-state index is 0.0665. The van der Waals surface area contributed by atoms with Crippen molar-refractivity contribution in [2.24, 2.45) is 0 Å². The highest BCUT2D eigenvalue weighted by Gasteiger charge is 2.13. The maximum absolute atomic E-state index is 14.1. The molecule has 0 bridgehead atoms. The van der Waals surface area contributed by atoms with Crippen LogP contribution in [0.4, 0.5) is 4.39 Å². The summed E-state index contributed by atoms with van der Waals surface area (Å²) in [5, 5.41) is 6.42. The first-order valence-electron chi connectivity index (χ1n) is 8.73. The SMILES string of the molecule is CC(C)(C)c1ccc(CNC(=S)NCc2ccc(OS(C)(=O)=O)cc2F)cc1. The van der Waals surface area contributed by atoms with Gasteiger partial charge in [-0.25, -0.2) is 4.39 Å². The van der Waals surface area contributed by atoms with Crippen molar-refractivity contribution in [3.8, 4) is 5.75 Å². The van der Waals surface area contributed by atoms with E-state index in [-0.39, 0.29) is 17.7 Å². The predicted molar refractivity (Wildman–Crippen MR) is 113 cm³/mol. The third kappa shape index (κ3) is 7.09. The predicted octanol–water partition coefficient (Wildman–Crippen LogP) is 3.63. The molecule has 0 heterocycles. The van der Waals surface area contributed by atoms with E-state index in [1.807, 2.05) is 0 Å². The van der Waals surface area contributed by atoms with Crippen molar-refractivity contribution in [3.63, 3.8) is 0 Å². The van der Waals surface area contributed by atoms with Gasteiger partial charge < -0.3 is 14.8 Å². The maximum atomic E-state index is 14.1. The fourth-order valence-corrected chi connectivity index (χ4v) is 3.04. The third-order valence-electron chi connectivity index (χ3n) is 3.98. The first-order valence-corrected chi connectivity index (χ1v) is 11.0. The Hall–Kier alpha value is -2.19. The number of hydrogen-bond donors (Lipinski definition) is 2. The van der Waals surface area contributed by atoms with Crippen molar-refractivity contribution in [1.82, 2.24) is 10.6 Å². The lowest BCUT2D eigenvalue weighted by molar-refractivity contribution is 0.489. The Morgan fingerprint density at radius 3 is 2.21 bits per heavy atom. The summed E-state index contributed by atoms with van der Waals surface area (Å²) in [6.07, 6.45) is 0.904. The first-order chi connectivity index (χ1) is 12.9. The van der Waals surface area contributed by atoms with Crippen molar-refractivity contribution >= 4 is 27.4 Å². The van der Waals surface area contributed by atoms with E-state index in [9.17, 15) is 12.8 Å². The number of nitrogens with one attached hydrogen (secondary N) is 2. The van der Waals surface area contributed by atoms with Crippen LogP contribution in [0.2, 0.25) is 0 Å². The monoisotopic (exact) mass is 424 g/mol. The van der Waals surface area contributed by atoms with Crippen LogP contribution in [0, 0.1) is 5.82 Å². The molecule has 0 radical (unpaired) electrons. The Morgan fingerprint density at radius 1 is 1.07 bits per heavy atom. The molecule has 8 heteroatoms. The lowest BCUT2D eigenvalue weighted by Gasteiger charge is -2.19. The van der Waals surface area contributed by atoms with Crippen LogP contribution >= 0.6 is 12.2 Å². The van der Waals surface area contributed by atoms with E-state index < -0.39 is 15.9 Å². The highest BCUT2D eigenvalue weighted by atomic mass is 32.2. The third-order valence-corrected chi connectivity index (χ3v) is 4.77. The standard InChI is InChI=1S/C20H25FN2O3S2/c1-20(2,3)16-8-5-14(6-9-16)12-22-19(27)23-13-15-7-10-17(11-18(15)21)26-28(4,24)25/h5-11H,12-13H2,1-4H3,(H2,22,23,27). The Balaban J connectivity index is 1.85. The van der Waals surface area contributed by atoms with E-state index in [0.29, 0.717) is 17.2 Å². The molecule has 152 valence electrons. The fourth-order valence-electron chi connectivity index (χ4n) is 2.44. The van der Waals surface area contributed by atoms with Gasteiger partial charge in [0.2, 0.25) is 0 Å². The normalized spacial score (nSPS) is 11.8. The van der Waals surface area contributed by atoms with Gasteiger partial charge >= 0.3 is 10.1 Å². The molecule has 28 heavy (non-hydrogen) atoms. The molecular weight excluding hydrogens is 399 g/mol. The largest absolute Gasteiger partial charge is 0.382 e. The smallest absolute Gasteiger partial charge is 0.306 e. The Morgan fingerprint density at radius 2 is 1.68 bits per heavy atom. The average Bonchev–Trinajstić information content (AvgIpc) is 2.57. The molecule has 0 fully saturated rings.